The van der Waals surface area contributed by atoms with Gasteiger partial charge < -0.3 is 9.66 Å². The summed E-state index contributed by atoms with van der Waals surface area (Å²) in [5.41, 5.74) is 0. The maximum Gasteiger partial charge on any atom is 0.173 e. The van der Waals surface area contributed by atoms with Crippen LogP contribution in [0.4, 0.5) is 0 Å². The first kappa shape index (κ1) is 16.1. The lowest BCUT2D eigenvalue weighted by molar-refractivity contribution is -0.130. The Kier molecular flexibility index (Phi) is 5.34. The lowest BCUT2D eigenvalue weighted by atomic mass is 9.72. The van der Waals surface area contributed by atoms with Crippen molar-refractivity contribution in [2.24, 2.45) is 11.8 Å². The quantitative estimate of drug-likeness (QED) is 0.678. The van der Waals surface area contributed by atoms with E-state index in [-0.39, 0.29) is 40.7 Å². The summed E-state index contributed by atoms with van der Waals surface area (Å²) in [6.45, 7) is -0.188. The third kappa shape index (κ3) is 2.98. The number of fused-ring (bicyclic) bond motifs is 1. The van der Waals surface area contributed by atoms with Crippen LogP contribution >= 0.6 is 22.9 Å². The number of allylic oxidation sites excluding steroid dienone is 2. The van der Waals surface area contributed by atoms with E-state index in [0.717, 1.165) is 25.7 Å². The Morgan fingerprint density at radius 2 is 1.85 bits per heavy atom. The molecule has 1 saturated carbocycles. The summed E-state index contributed by atoms with van der Waals surface area (Å²) in [6.07, 6.45) is 4.84. The van der Waals surface area contributed by atoms with E-state index < -0.39 is 10.3 Å². The number of aliphatic hydroxyl groups excluding tert-OH is 1. The zero-order chi connectivity index (χ0) is 14.8. The van der Waals surface area contributed by atoms with E-state index in [1.54, 1.807) is 0 Å². The van der Waals surface area contributed by atoms with Crippen molar-refractivity contribution < 1.29 is 19.2 Å². The summed E-state index contributed by atoms with van der Waals surface area (Å²) < 4.78 is 10.7. The highest BCUT2D eigenvalue weighted by Gasteiger charge is 2.44. The third-order valence-electron chi connectivity index (χ3n) is 4.25. The van der Waals surface area contributed by atoms with Crippen LogP contribution in [0.2, 0.25) is 0 Å². The van der Waals surface area contributed by atoms with Crippen molar-refractivity contribution in [2.75, 3.05) is 23.9 Å². The molecule has 114 valence electrons. The van der Waals surface area contributed by atoms with Crippen molar-refractivity contribution in [1.82, 2.24) is 0 Å². The van der Waals surface area contributed by atoms with E-state index >= 15 is 0 Å². The molecule has 0 bridgehead atoms. The number of ketones is 2. The van der Waals surface area contributed by atoms with E-state index in [1.807, 2.05) is 0 Å². The monoisotopic (exact) mass is 318 g/mol. The lowest BCUT2D eigenvalue weighted by Crippen LogP contribution is -2.39. The van der Waals surface area contributed by atoms with E-state index in [9.17, 15) is 14.1 Å². The molecular weight excluding hydrogens is 296 g/mol. The first-order valence-electron chi connectivity index (χ1n) is 7.06. The molecule has 0 aliphatic heterocycles. The molecule has 0 aromatic carbocycles. The molecule has 2 aliphatic rings. The molecule has 0 amide bonds. The zero-order valence-corrected chi connectivity index (χ0v) is 13.2. The molecule has 3 unspecified atom stereocenters. The number of hydrogen-bond donors (Lipinski definition) is 3. The average molecular weight is 318 g/mol. The van der Waals surface area contributed by atoms with Crippen molar-refractivity contribution in [2.45, 2.75) is 25.7 Å². The largest absolute Gasteiger partial charge is 0.395 e. The highest BCUT2D eigenvalue weighted by molar-refractivity contribution is 8.33. The minimum Gasteiger partial charge on any atom is -0.395 e. The molecular formula is C14H22O4S2. The molecule has 0 radical (unpaired) electrons. The zero-order valence-electron chi connectivity index (χ0n) is 11.5. The van der Waals surface area contributed by atoms with Crippen LogP contribution in [-0.2, 0) is 9.59 Å². The number of Topliss-reactive ketones (excluding diaryl/α,β-unsaturated/α-hetero) is 1. The summed E-state index contributed by atoms with van der Waals surface area (Å²) >= 11 is 4.13. The Morgan fingerprint density at radius 3 is 2.45 bits per heavy atom. The summed E-state index contributed by atoms with van der Waals surface area (Å²) in [5, 5.41) is 9.16. The molecule has 20 heavy (non-hydrogen) atoms. The minimum atomic E-state index is -2.41. The van der Waals surface area contributed by atoms with Crippen LogP contribution in [0.15, 0.2) is 11.0 Å². The Morgan fingerprint density at radius 1 is 1.20 bits per heavy atom. The number of aliphatic hydroxyl groups is 1. The van der Waals surface area contributed by atoms with Gasteiger partial charge in [-0.05, 0) is 18.9 Å². The van der Waals surface area contributed by atoms with Gasteiger partial charge in [0.1, 0.15) is 0 Å². The second-order valence-electron chi connectivity index (χ2n) is 5.47. The van der Waals surface area contributed by atoms with Gasteiger partial charge in [-0.25, -0.2) is 0 Å². The van der Waals surface area contributed by atoms with Crippen LogP contribution in [0.1, 0.15) is 25.7 Å². The van der Waals surface area contributed by atoms with E-state index in [4.69, 9.17) is 5.11 Å². The van der Waals surface area contributed by atoms with Gasteiger partial charge in [-0.3, -0.25) is 9.59 Å². The number of carbonyl (C=O) groups is 2. The van der Waals surface area contributed by atoms with E-state index in [0.29, 0.717) is 11.5 Å². The van der Waals surface area contributed by atoms with Crippen molar-refractivity contribution in [3.8, 4) is 0 Å². The summed E-state index contributed by atoms with van der Waals surface area (Å²) in [5.74, 6) is 0.394. The standard InChI is InChI=1S/C14H22O4S2/c15-5-7-20(18,8-6-19)13-9-12(16)10-3-1-2-4-11(10)14(13)17/h9-11,15,18-19H,1-8H2. The Labute approximate surface area is 126 Å². The topological polar surface area (TPSA) is 74.6 Å². The molecule has 0 aromatic heterocycles. The second kappa shape index (κ2) is 6.64. The predicted molar refractivity (Wildman–Crippen MR) is 84.4 cm³/mol. The molecule has 0 spiro atoms. The van der Waals surface area contributed by atoms with Gasteiger partial charge in [-0.15, -0.1) is 10.3 Å². The first-order chi connectivity index (χ1) is 9.53. The smallest absolute Gasteiger partial charge is 0.173 e. The fourth-order valence-electron chi connectivity index (χ4n) is 3.20. The second-order valence-corrected chi connectivity index (χ2v) is 8.86. The Balaban J connectivity index is 2.34. The molecule has 0 saturated heterocycles. The molecule has 2 N–H and O–H groups in total. The van der Waals surface area contributed by atoms with Crippen LogP contribution in [0.3, 0.4) is 0 Å². The fourth-order valence-corrected chi connectivity index (χ4v) is 6.21. The van der Waals surface area contributed by atoms with E-state index in [2.05, 4.69) is 12.6 Å². The van der Waals surface area contributed by atoms with Gasteiger partial charge in [-0.1, -0.05) is 12.8 Å². The Hall–Kier alpha value is -0.300. The highest BCUT2D eigenvalue weighted by Crippen LogP contribution is 2.55. The van der Waals surface area contributed by atoms with Crippen LogP contribution in [0.25, 0.3) is 0 Å². The molecule has 1 fully saturated rings. The van der Waals surface area contributed by atoms with Crippen LogP contribution in [-0.4, -0.2) is 45.1 Å². The molecule has 6 heteroatoms. The number of hydrogen-bond acceptors (Lipinski definition) is 5. The van der Waals surface area contributed by atoms with Crippen LogP contribution < -0.4 is 0 Å². The number of carbonyl (C=O) groups excluding carboxylic acids is 2. The van der Waals surface area contributed by atoms with Crippen molar-refractivity contribution >= 4 is 34.5 Å². The van der Waals surface area contributed by atoms with Crippen molar-refractivity contribution in [3.05, 3.63) is 11.0 Å². The van der Waals surface area contributed by atoms with Gasteiger partial charge in [0.25, 0.3) is 0 Å². The molecule has 2 rings (SSSR count). The van der Waals surface area contributed by atoms with Crippen LogP contribution in [0.5, 0.6) is 0 Å². The normalized spacial score (nSPS) is 31.2. The highest BCUT2D eigenvalue weighted by atomic mass is 32.3. The summed E-state index contributed by atoms with van der Waals surface area (Å²) in [6, 6.07) is 0. The molecule has 3 atom stereocenters. The Bertz CT molecular complexity index is 427. The summed E-state index contributed by atoms with van der Waals surface area (Å²) in [4.78, 5) is 25.1. The average Bonchev–Trinajstić information content (AvgIpc) is 2.43. The predicted octanol–water partition coefficient (Wildman–Crippen LogP) is 2.03. The maximum absolute atomic E-state index is 12.6. The third-order valence-corrected chi connectivity index (χ3v) is 7.65. The molecule has 2 aliphatic carbocycles. The SMILES string of the molecule is O=C1C=C(S(O)(CCO)CCS)C(=O)C2CCCCC12. The van der Waals surface area contributed by atoms with Gasteiger partial charge in [0.2, 0.25) is 0 Å². The van der Waals surface area contributed by atoms with Crippen LogP contribution in [0, 0.1) is 11.8 Å². The van der Waals surface area contributed by atoms with Gasteiger partial charge in [0, 0.05) is 29.1 Å². The van der Waals surface area contributed by atoms with Gasteiger partial charge in [-0.2, -0.15) is 12.6 Å². The first-order valence-corrected chi connectivity index (χ1v) is 9.62. The number of rotatable bonds is 5. The van der Waals surface area contributed by atoms with Crippen molar-refractivity contribution in [1.29, 1.82) is 0 Å². The summed E-state index contributed by atoms with van der Waals surface area (Å²) in [7, 11) is -2.41. The maximum atomic E-state index is 12.6. The van der Waals surface area contributed by atoms with E-state index in [1.165, 1.54) is 6.08 Å². The van der Waals surface area contributed by atoms with Crippen molar-refractivity contribution in [3.63, 3.8) is 0 Å². The minimum absolute atomic E-state index is 0.0210. The number of thiol groups is 1. The lowest BCUT2D eigenvalue weighted by Gasteiger charge is -2.40. The van der Waals surface area contributed by atoms with Gasteiger partial charge in [0.15, 0.2) is 11.6 Å². The van der Waals surface area contributed by atoms with Gasteiger partial charge in [0.05, 0.1) is 11.5 Å². The molecule has 0 heterocycles. The molecule has 4 nitrogen and oxygen atoms in total. The molecule has 0 aromatic rings. The fraction of sp³-hybridized carbons (Fsp3) is 0.714. The van der Waals surface area contributed by atoms with Gasteiger partial charge >= 0.3 is 0 Å².